The molecule has 0 N–H and O–H groups in total. The number of hydrogen-bond acceptors (Lipinski definition) is 2. The molecule has 1 atom stereocenters. The molecule has 1 aliphatic heterocycles. The number of nitrogens with zero attached hydrogens (tertiary/aromatic N) is 2. The van der Waals surface area contributed by atoms with Crippen LogP contribution in [0.3, 0.4) is 0 Å². The number of anilines is 1. The third-order valence-corrected chi connectivity index (χ3v) is 5.36. The van der Waals surface area contributed by atoms with Gasteiger partial charge in [-0.15, -0.1) is 0 Å². The molecule has 3 rings (SSSR count). The molecule has 1 heterocycles. The van der Waals surface area contributed by atoms with Crippen molar-refractivity contribution >= 4 is 17.6 Å². The van der Waals surface area contributed by atoms with E-state index in [9.17, 15) is 0 Å². The molecule has 1 aliphatic rings. The van der Waals surface area contributed by atoms with E-state index < -0.39 is 0 Å². The van der Waals surface area contributed by atoms with Crippen molar-refractivity contribution in [1.82, 2.24) is 0 Å². The molecule has 0 radical (unpaired) electrons. The Morgan fingerprint density at radius 3 is 2.54 bits per heavy atom. The molecule has 0 amide bonds. The average molecular weight is 320 g/mol. The highest BCUT2D eigenvalue weighted by Gasteiger charge is 2.33. The first-order chi connectivity index (χ1) is 11.4. The Labute approximate surface area is 146 Å². The lowest BCUT2D eigenvalue weighted by Gasteiger charge is -2.45. The summed E-state index contributed by atoms with van der Waals surface area (Å²) in [5.74, 6) is 0.573. The monoisotopic (exact) mass is 320 g/mol. The first-order valence-electron chi connectivity index (χ1n) is 8.91. The molecular formula is C22H28N2. The van der Waals surface area contributed by atoms with Crippen LogP contribution >= 0.6 is 0 Å². The van der Waals surface area contributed by atoms with Crippen LogP contribution in [-0.4, -0.2) is 18.8 Å². The van der Waals surface area contributed by atoms with Gasteiger partial charge in [-0.1, -0.05) is 32.0 Å². The van der Waals surface area contributed by atoms with Gasteiger partial charge in [0.05, 0.1) is 5.69 Å². The highest BCUT2D eigenvalue weighted by atomic mass is 15.2. The Kier molecular flexibility index (Phi) is 4.49. The highest BCUT2D eigenvalue weighted by Crippen LogP contribution is 2.42. The lowest BCUT2D eigenvalue weighted by molar-refractivity contribution is 0.395. The molecule has 2 aromatic rings. The fourth-order valence-corrected chi connectivity index (χ4v) is 3.64. The van der Waals surface area contributed by atoms with Gasteiger partial charge in [0.1, 0.15) is 0 Å². The number of rotatable bonds is 3. The minimum Gasteiger partial charge on any atom is -0.369 e. The van der Waals surface area contributed by atoms with Crippen LogP contribution in [0.4, 0.5) is 11.4 Å². The predicted octanol–water partition coefficient (Wildman–Crippen LogP) is 5.72. The molecule has 0 fully saturated rings. The molecule has 0 unspecified atom stereocenters. The van der Waals surface area contributed by atoms with Gasteiger partial charge in [-0.2, -0.15) is 0 Å². The van der Waals surface area contributed by atoms with Crippen LogP contribution in [0.5, 0.6) is 0 Å². The first kappa shape index (κ1) is 16.8. The van der Waals surface area contributed by atoms with Gasteiger partial charge in [0.15, 0.2) is 0 Å². The van der Waals surface area contributed by atoms with Crippen LogP contribution in [0, 0.1) is 0 Å². The molecule has 0 saturated carbocycles. The summed E-state index contributed by atoms with van der Waals surface area (Å²) in [5.41, 5.74) is 6.53. The fourth-order valence-electron chi connectivity index (χ4n) is 3.64. The molecule has 2 nitrogen and oxygen atoms in total. The van der Waals surface area contributed by atoms with Gasteiger partial charge in [0, 0.05) is 24.5 Å². The van der Waals surface area contributed by atoms with Crippen molar-refractivity contribution in [3.63, 3.8) is 0 Å². The Hall–Kier alpha value is -2.09. The predicted molar refractivity (Wildman–Crippen MR) is 105 cm³/mol. The molecule has 2 aromatic carbocycles. The van der Waals surface area contributed by atoms with Crippen LogP contribution < -0.4 is 4.90 Å². The van der Waals surface area contributed by atoms with Gasteiger partial charge >= 0.3 is 0 Å². The SMILES string of the molecule is CCc1ccc(N=Cc2ccc3c(c2)[C@H](C)CC(C)(C)N3C)cc1. The van der Waals surface area contributed by atoms with E-state index in [1.807, 2.05) is 6.21 Å². The average Bonchev–Trinajstić information content (AvgIpc) is 2.58. The standard InChI is InChI=1S/C22H28N2/c1-6-17-7-10-19(11-8-17)23-15-18-9-12-21-20(13-18)16(2)14-22(3,4)24(21)5/h7-13,15-16H,6,14H2,1-5H3/t16-/m1/s1. The number of hydrogen-bond donors (Lipinski definition) is 0. The topological polar surface area (TPSA) is 15.6 Å². The second-order valence-electron chi connectivity index (χ2n) is 7.57. The highest BCUT2D eigenvalue weighted by molar-refractivity contribution is 5.83. The second kappa shape index (κ2) is 6.43. The maximum absolute atomic E-state index is 4.63. The zero-order valence-corrected chi connectivity index (χ0v) is 15.5. The number of aliphatic imine (C=N–C) groups is 1. The molecule has 0 aliphatic carbocycles. The maximum atomic E-state index is 4.63. The minimum atomic E-state index is 0.211. The Balaban J connectivity index is 1.86. The largest absolute Gasteiger partial charge is 0.369 e. The van der Waals surface area contributed by atoms with Crippen LogP contribution in [0.1, 0.15) is 56.7 Å². The summed E-state index contributed by atoms with van der Waals surface area (Å²) in [6.45, 7) is 9.15. The molecular weight excluding hydrogens is 292 g/mol. The van der Waals surface area contributed by atoms with Gasteiger partial charge in [0.2, 0.25) is 0 Å². The summed E-state index contributed by atoms with van der Waals surface area (Å²) >= 11 is 0. The lowest BCUT2D eigenvalue weighted by Crippen LogP contribution is -2.45. The summed E-state index contributed by atoms with van der Waals surface area (Å²) in [6.07, 6.45) is 4.22. The Morgan fingerprint density at radius 1 is 1.17 bits per heavy atom. The quantitative estimate of drug-likeness (QED) is 0.660. The molecule has 0 spiro atoms. The van der Waals surface area contributed by atoms with Crippen molar-refractivity contribution in [2.24, 2.45) is 4.99 Å². The molecule has 2 heteroatoms. The van der Waals surface area contributed by atoms with E-state index in [1.54, 1.807) is 0 Å². The third kappa shape index (κ3) is 3.24. The molecule has 0 aromatic heterocycles. The smallest absolute Gasteiger partial charge is 0.0630 e. The summed E-state index contributed by atoms with van der Waals surface area (Å²) in [4.78, 5) is 7.04. The Bertz CT molecular complexity index is 741. The molecule has 24 heavy (non-hydrogen) atoms. The zero-order chi connectivity index (χ0) is 17.3. The number of aryl methyl sites for hydroxylation is 1. The van der Waals surface area contributed by atoms with Gasteiger partial charge < -0.3 is 4.90 Å². The zero-order valence-electron chi connectivity index (χ0n) is 15.5. The van der Waals surface area contributed by atoms with Crippen LogP contribution in [-0.2, 0) is 6.42 Å². The number of benzene rings is 2. The van der Waals surface area contributed by atoms with E-state index in [0.29, 0.717) is 5.92 Å². The lowest BCUT2D eigenvalue weighted by atomic mass is 9.80. The van der Waals surface area contributed by atoms with Crippen molar-refractivity contribution in [3.8, 4) is 0 Å². The van der Waals surface area contributed by atoms with Crippen molar-refractivity contribution in [3.05, 3.63) is 59.2 Å². The van der Waals surface area contributed by atoms with Crippen molar-refractivity contribution in [1.29, 1.82) is 0 Å². The first-order valence-corrected chi connectivity index (χ1v) is 8.91. The molecule has 0 saturated heterocycles. The third-order valence-electron chi connectivity index (χ3n) is 5.36. The minimum absolute atomic E-state index is 0.211. The van der Waals surface area contributed by atoms with Crippen LogP contribution in [0.2, 0.25) is 0 Å². The number of fused-ring (bicyclic) bond motifs is 1. The van der Waals surface area contributed by atoms with E-state index >= 15 is 0 Å². The summed E-state index contributed by atoms with van der Waals surface area (Å²) in [7, 11) is 2.20. The van der Waals surface area contributed by atoms with E-state index in [0.717, 1.165) is 12.1 Å². The summed E-state index contributed by atoms with van der Waals surface area (Å²) in [6, 6.07) is 15.2. The van der Waals surface area contributed by atoms with Crippen LogP contribution in [0.15, 0.2) is 47.5 Å². The van der Waals surface area contributed by atoms with E-state index in [2.05, 4.69) is 87.1 Å². The van der Waals surface area contributed by atoms with Gasteiger partial charge in [-0.25, -0.2) is 0 Å². The van der Waals surface area contributed by atoms with Gasteiger partial charge in [-0.05, 0) is 73.6 Å². The van der Waals surface area contributed by atoms with Crippen molar-refractivity contribution in [2.75, 3.05) is 11.9 Å². The van der Waals surface area contributed by atoms with Gasteiger partial charge in [0.25, 0.3) is 0 Å². The van der Waals surface area contributed by atoms with E-state index in [-0.39, 0.29) is 5.54 Å². The Morgan fingerprint density at radius 2 is 1.88 bits per heavy atom. The normalized spacial score (nSPS) is 19.5. The van der Waals surface area contributed by atoms with E-state index in [4.69, 9.17) is 0 Å². The van der Waals surface area contributed by atoms with Crippen molar-refractivity contribution < 1.29 is 0 Å². The maximum Gasteiger partial charge on any atom is 0.0630 e. The molecule has 126 valence electrons. The fraction of sp³-hybridized carbons (Fsp3) is 0.409. The van der Waals surface area contributed by atoms with Crippen LogP contribution in [0.25, 0.3) is 0 Å². The second-order valence-corrected chi connectivity index (χ2v) is 7.57. The van der Waals surface area contributed by atoms with Gasteiger partial charge in [-0.3, -0.25) is 4.99 Å². The van der Waals surface area contributed by atoms with Crippen molar-refractivity contribution in [2.45, 2.75) is 52.0 Å². The summed E-state index contributed by atoms with van der Waals surface area (Å²) in [5, 5.41) is 0. The van der Waals surface area contributed by atoms with E-state index in [1.165, 1.54) is 28.8 Å². The summed E-state index contributed by atoms with van der Waals surface area (Å²) < 4.78 is 0. The molecule has 0 bridgehead atoms.